The summed E-state index contributed by atoms with van der Waals surface area (Å²) in [5.74, 6) is -0.241. The van der Waals surface area contributed by atoms with Gasteiger partial charge in [-0.15, -0.1) is 0 Å². The number of benzene rings is 2. The van der Waals surface area contributed by atoms with E-state index in [1.807, 2.05) is 12.1 Å². The third-order valence-corrected chi connectivity index (χ3v) is 4.94. The van der Waals surface area contributed by atoms with Crippen LogP contribution in [0.1, 0.15) is 5.56 Å². The Morgan fingerprint density at radius 2 is 1.81 bits per heavy atom. The quantitative estimate of drug-likeness (QED) is 0.521. The average molecular weight is 366 g/mol. The third kappa shape index (κ3) is 3.73. The summed E-state index contributed by atoms with van der Waals surface area (Å²) < 4.78 is 13.9. The van der Waals surface area contributed by atoms with E-state index in [2.05, 4.69) is 14.8 Å². The van der Waals surface area contributed by atoms with Crippen LogP contribution in [0.4, 0.5) is 15.8 Å². The number of nitro benzene ring substituents is 1. The summed E-state index contributed by atoms with van der Waals surface area (Å²) in [7, 11) is 0. The van der Waals surface area contributed by atoms with Crippen LogP contribution in [0.3, 0.4) is 0 Å². The first-order valence-electron chi connectivity index (χ1n) is 8.85. The molecule has 27 heavy (non-hydrogen) atoms. The zero-order chi connectivity index (χ0) is 18.8. The number of rotatable bonds is 4. The van der Waals surface area contributed by atoms with Gasteiger partial charge in [0, 0.05) is 62.1 Å². The van der Waals surface area contributed by atoms with E-state index in [0.29, 0.717) is 6.54 Å². The lowest BCUT2D eigenvalue weighted by molar-refractivity contribution is -0.384. The van der Waals surface area contributed by atoms with E-state index in [9.17, 15) is 14.5 Å². The third-order valence-electron chi connectivity index (χ3n) is 4.94. The highest BCUT2D eigenvalue weighted by molar-refractivity contribution is 5.81. The van der Waals surface area contributed by atoms with Crippen LogP contribution in [0.15, 0.2) is 54.7 Å². The van der Waals surface area contributed by atoms with E-state index in [1.54, 1.807) is 24.4 Å². The van der Waals surface area contributed by atoms with Gasteiger partial charge in [0.25, 0.3) is 5.69 Å². The Morgan fingerprint density at radius 1 is 1.07 bits per heavy atom. The topological polar surface area (TPSA) is 62.5 Å². The zero-order valence-corrected chi connectivity index (χ0v) is 14.7. The molecule has 3 aromatic rings. The second kappa shape index (κ2) is 7.28. The summed E-state index contributed by atoms with van der Waals surface area (Å²) in [6.45, 7) is 3.96. The minimum atomic E-state index is -0.390. The smallest absolute Gasteiger partial charge is 0.269 e. The fraction of sp³-hybridized carbons (Fsp3) is 0.250. The van der Waals surface area contributed by atoms with Crippen molar-refractivity contribution in [2.75, 3.05) is 31.1 Å². The van der Waals surface area contributed by atoms with E-state index in [1.165, 1.54) is 18.2 Å². The molecule has 1 aliphatic heterocycles. The molecule has 0 aliphatic carbocycles. The lowest BCUT2D eigenvalue weighted by atomic mass is 10.1. The van der Waals surface area contributed by atoms with Crippen LogP contribution in [0.2, 0.25) is 0 Å². The van der Waals surface area contributed by atoms with Gasteiger partial charge in [-0.1, -0.05) is 6.07 Å². The highest BCUT2D eigenvalue weighted by atomic mass is 19.1. The zero-order valence-electron chi connectivity index (χ0n) is 14.7. The van der Waals surface area contributed by atoms with Crippen molar-refractivity contribution in [3.63, 3.8) is 0 Å². The first-order chi connectivity index (χ1) is 13.1. The fourth-order valence-electron chi connectivity index (χ4n) is 3.54. The molecule has 6 nitrogen and oxygen atoms in total. The number of piperazine rings is 1. The number of non-ortho nitro benzene ring substituents is 1. The van der Waals surface area contributed by atoms with Crippen molar-refractivity contribution in [1.29, 1.82) is 0 Å². The predicted octanol–water partition coefficient (Wildman–Crippen LogP) is 3.60. The molecule has 0 radical (unpaired) electrons. The van der Waals surface area contributed by atoms with Gasteiger partial charge in [-0.3, -0.25) is 20.0 Å². The summed E-state index contributed by atoms with van der Waals surface area (Å²) in [4.78, 5) is 19.3. The van der Waals surface area contributed by atoms with Gasteiger partial charge in [-0.25, -0.2) is 4.39 Å². The number of pyridine rings is 1. The van der Waals surface area contributed by atoms with Gasteiger partial charge in [0.05, 0.1) is 10.4 Å². The number of hydrogen-bond acceptors (Lipinski definition) is 5. The van der Waals surface area contributed by atoms with E-state index in [4.69, 9.17) is 0 Å². The second-order valence-corrected chi connectivity index (χ2v) is 6.68. The number of halogens is 1. The van der Waals surface area contributed by atoms with Crippen molar-refractivity contribution in [1.82, 2.24) is 9.88 Å². The molecule has 1 saturated heterocycles. The van der Waals surface area contributed by atoms with Crippen LogP contribution in [0, 0.1) is 15.9 Å². The molecular formula is C20H19FN4O2. The molecule has 0 saturated carbocycles. The molecule has 0 atom stereocenters. The summed E-state index contributed by atoms with van der Waals surface area (Å²) in [6.07, 6.45) is 1.73. The van der Waals surface area contributed by atoms with Crippen LogP contribution >= 0.6 is 0 Å². The molecule has 0 spiro atoms. The number of hydrogen-bond donors (Lipinski definition) is 0. The van der Waals surface area contributed by atoms with E-state index >= 15 is 0 Å². The van der Waals surface area contributed by atoms with E-state index < -0.39 is 0 Å². The maximum Gasteiger partial charge on any atom is 0.269 e. The molecule has 0 N–H and O–H groups in total. The molecule has 1 fully saturated rings. The number of fused-ring (bicyclic) bond motifs is 1. The van der Waals surface area contributed by atoms with Crippen LogP contribution in [0.5, 0.6) is 0 Å². The highest BCUT2D eigenvalue weighted by Gasteiger charge is 2.19. The van der Waals surface area contributed by atoms with Crippen LogP contribution in [0.25, 0.3) is 10.9 Å². The van der Waals surface area contributed by atoms with Gasteiger partial charge in [0.2, 0.25) is 0 Å². The van der Waals surface area contributed by atoms with Crippen molar-refractivity contribution in [2.45, 2.75) is 6.54 Å². The summed E-state index contributed by atoms with van der Waals surface area (Å²) in [6, 6.07) is 13.4. The normalized spacial score (nSPS) is 15.2. The number of nitro groups is 1. The van der Waals surface area contributed by atoms with Gasteiger partial charge in [0.1, 0.15) is 5.82 Å². The lowest BCUT2D eigenvalue weighted by Crippen LogP contribution is -2.46. The molecule has 2 aromatic carbocycles. The molecule has 0 bridgehead atoms. The first-order valence-corrected chi connectivity index (χ1v) is 8.85. The van der Waals surface area contributed by atoms with Crippen molar-refractivity contribution in [3.8, 4) is 0 Å². The van der Waals surface area contributed by atoms with Gasteiger partial charge < -0.3 is 4.90 Å². The minimum absolute atomic E-state index is 0.0999. The largest absolute Gasteiger partial charge is 0.369 e. The minimum Gasteiger partial charge on any atom is -0.369 e. The van der Waals surface area contributed by atoms with Gasteiger partial charge in [-0.05, 0) is 35.9 Å². The van der Waals surface area contributed by atoms with Crippen LogP contribution < -0.4 is 4.90 Å². The summed E-state index contributed by atoms with van der Waals surface area (Å²) >= 11 is 0. The molecule has 0 amide bonds. The standard InChI is InChI=1S/C20H19FN4O2/c21-17-12-15-2-1-7-22-20(15)16(13-17)14-23-8-10-24(11-9-23)18-3-5-19(6-4-18)25(26)27/h1-7,12-13H,8-11,14H2. The number of nitrogens with zero attached hydrogens (tertiary/aromatic N) is 4. The molecule has 0 unspecified atom stereocenters. The summed E-state index contributed by atoms with van der Waals surface area (Å²) in [5, 5.41) is 11.6. The van der Waals surface area contributed by atoms with Crippen molar-refractivity contribution in [3.05, 3.63) is 76.2 Å². The van der Waals surface area contributed by atoms with Gasteiger partial charge >= 0.3 is 0 Å². The molecule has 1 aromatic heterocycles. The lowest BCUT2D eigenvalue weighted by Gasteiger charge is -2.36. The first kappa shape index (κ1) is 17.4. The van der Waals surface area contributed by atoms with Gasteiger partial charge in [0.15, 0.2) is 0 Å². The van der Waals surface area contributed by atoms with Crippen molar-refractivity contribution in [2.24, 2.45) is 0 Å². The average Bonchev–Trinajstić information content (AvgIpc) is 2.68. The molecule has 1 aliphatic rings. The Kier molecular flexibility index (Phi) is 4.68. The predicted molar refractivity (Wildman–Crippen MR) is 102 cm³/mol. The van der Waals surface area contributed by atoms with Crippen molar-refractivity contribution < 1.29 is 9.31 Å². The second-order valence-electron chi connectivity index (χ2n) is 6.68. The maximum absolute atomic E-state index is 13.9. The molecule has 7 heteroatoms. The van der Waals surface area contributed by atoms with Crippen LogP contribution in [-0.4, -0.2) is 41.0 Å². The van der Waals surface area contributed by atoms with Gasteiger partial charge in [-0.2, -0.15) is 0 Å². The Hall–Kier alpha value is -3.06. The molecular weight excluding hydrogens is 347 g/mol. The molecule has 2 heterocycles. The fourth-order valence-corrected chi connectivity index (χ4v) is 3.54. The summed E-state index contributed by atoms with van der Waals surface area (Å²) in [5.41, 5.74) is 2.83. The Morgan fingerprint density at radius 3 is 2.52 bits per heavy atom. The Labute approximate surface area is 156 Å². The monoisotopic (exact) mass is 366 g/mol. The highest BCUT2D eigenvalue weighted by Crippen LogP contribution is 2.23. The Bertz CT molecular complexity index is 969. The SMILES string of the molecule is O=[N+]([O-])c1ccc(N2CCN(Cc3cc(F)cc4cccnc34)CC2)cc1. The maximum atomic E-state index is 13.9. The number of aromatic nitrogens is 1. The Balaban J connectivity index is 1.43. The van der Waals surface area contributed by atoms with E-state index in [-0.39, 0.29) is 16.4 Å². The van der Waals surface area contributed by atoms with Crippen molar-refractivity contribution >= 4 is 22.3 Å². The number of anilines is 1. The van der Waals surface area contributed by atoms with E-state index in [0.717, 1.165) is 48.3 Å². The molecule has 138 valence electrons. The van der Waals surface area contributed by atoms with Crippen LogP contribution in [-0.2, 0) is 6.54 Å². The molecule has 4 rings (SSSR count).